The first-order chi connectivity index (χ1) is 9.49. The van der Waals surface area contributed by atoms with Gasteiger partial charge in [0.1, 0.15) is 0 Å². The van der Waals surface area contributed by atoms with Crippen LogP contribution in [0.4, 0.5) is 5.69 Å². The number of halogens is 2. The molecule has 5 heteroatoms. The van der Waals surface area contributed by atoms with Crippen molar-refractivity contribution in [3.05, 3.63) is 62.2 Å². The molecule has 1 atom stereocenters. The minimum absolute atomic E-state index is 0.253. The number of hydrogen-bond donors (Lipinski definition) is 2. The summed E-state index contributed by atoms with van der Waals surface area (Å²) in [6.07, 6.45) is -0.646. The number of benzene rings is 2. The summed E-state index contributed by atoms with van der Waals surface area (Å²) in [6, 6.07) is 12.3. The van der Waals surface area contributed by atoms with Gasteiger partial charge in [-0.25, -0.2) is 0 Å². The zero-order valence-corrected chi connectivity index (χ0v) is 13.6. The summed E-state index contributed by atoms with van der Waals surface area (Å²) in [5, 5.41) is 13.0. The maximum atomic E-state index is 12.2. The molecule has 0 aliphatic heterocycles. The number of aliphatic hydroxyl groups is 1. The highest BCUT2D eigenvalue weighted by Crippen LogP contribution is 2.24. The lowest BCUT2D eigenvalue weighted by Crippen LogP contribution is -2.14. The Kier molecular flexibility index (Phi) is 5.01. The summed E-state index contributed by atoms with van der Waals surface area (Å²) < 4.78 is 0.894. The third-order valence-electron chi connectivity index (χ3n) is 2.84. The Morgan fingerprint density at radius 3 is 2.65 bits per heavy atom. The first-order valence-corrected chi connectivity index (χ1v) is 7.48. The number of nitrogens with one attached hydrogen (secondary N) is 1. The monoisotopic (exact) mass is 401 g/mol. The number of carbonyl (C=O) groups excluding carboxylic acids is 1. The first-order valence-electron chi connectivity index (χ1n) is 6.02. The van der Waals surface area contributed by atoms with Gasteiger partial charge in [0.25, 0.3) is 5.91 Å². The van der Waals surface area contributed by atoms with Crippen LogP contribution in [0.25, 0.3) is 0 Å². The average molecular weight is 402 g/mol. The lowest BCUT2D eigenvalue weighted by molar-refractivity contribution is 0.102. The van der Waals surface area contributed by atoms with Crippen molar-refractivity contribution < 1.29 is 9.90 Å². The topological polar surface area (TPSA) is 49.3 Å². The molecule has 2 rings (SSSR count). The molecule has 2 aromatic carbocycles. The van der Waals surface area contributed by atoms with Crippen LogP contribution in [0.5, 0.6) is 0 Å². The van der Waals surface area contributed by atoms with Gasteiger partial charge < -0.3 is 10.4 Å². The van der Waals surface area contributed by atoms with E-state index in [0.29, 0.717) is 21.8 Å². The van der Waals surface area contributed by atoms with Gasteiger partial charge in [-0.3, -0.25) is 4.79 Å². The number of amides is 1. The van der Waals surface area contributed by atoms with Crippen LogP contribution in [0.2, 0.25) is 5.02 Å². The maximum absolute atomic E-state index is 12.2. The van der Waals surface area contributed by atoms with Crippen LogP contribution >= 0.6 is 34.2 Å². The summed E-state index contributed by atoms with van der Waals surface area (Å²) in [5.41, 5.74) is 1.76. The fourth-order valence-electron chi connectivity index (χ4n) is 1.81. The molecule has 0 aromatic heterocycles. The van der Waals surface area contributed by atoms with E-state index in [-0.39, 0.29) is 5.91 Å². The van der Waals surface area contributed by atoms with Gasteiger partial charge in [-0.15, -0.1) is 0 Å². The van der Waals surface area contributed by atoms with Gasteiger partial charge in [-0.1, -0.05) is 29.8 Å². The van der Waals surface area contributed by atoms with Crippen molar-refractivity contribution in [1.29, 1.82) is 0 Å². The second kappa shape index (κ2) is 6.56. The molecule has 2 aromatic rings. The van der Waals surface area contributed by atoms with E-state index in [2.05, 4.69) is 27.9 Å². The van der Waals surface area contributed by atoms with Crippen LogP contribution in [-0.4, -0.2) is 11.0 Å². The largest absolute Gasteiger partial charge is 0.389 e. The third-order valence-corrected chi connectivity index (χ3v) is 4.41. The fourth-order valence-corrected chi connectivity index (χ4v) is 2.32. The molecule has 0 aliphatic rings. The molecule has 0 saturated carbocycles. The van der Waals surface area contributed by atoms with E-state index in [1.807, 2.05) is 12.1 Å². The molecular weight excluding hydrogens is 389 g/mol. The lowest BCUT2D eigenvalue weighted by atomic mass is 10.1. The fraction of sp³-hybridized carbons (Fsp3) is 0.133. The third kappa shape index (κ3) is 3.50. The summed E-state index contributed by atoms with van der Waals surface area (Å²) in [6.45, 7) is 1.66. The van der Waals surface area contributed by atoms with Crippen LogP contribution in [-0.2, 0) is 0 Å². The van der Waals surface area contributed by atoms with E-state index < -0.39 is 6.10 Å². The van der Waals surface area contributed by atoms with Gasteiger partial charge in [-0.05, 0) is 53.8 Å². The van der Waals surface area contributed by atoms with Crippen LogP contribution in [0.1, 0.15) is 28.9 Å². The number of carbonyl (C=O) groups is 1. The van der Waals surface area contributed by atoms with Gasteiger partial charge in [0.15, 0.2) is 0 Å². The molecule has 0 aliphatic carbocycles. The summed E-state index contributed by atoms with van der Waals surface area (Å²) in [7, 11) is 0. The zero-order valence-electron chi connectivity index (χ0n) is 10.7. The zero-order chi connectivity index (χ0) is 14.7. The van der Waals surface area contributed by atoms with Crippen LogP contribution in [0, 0.1) is 3.57 Å². The predicted molar refractivity (Wildman–Crippen MR) is 89.2 cm³/mol. The highest BCUT2D eigenvalue weighted by atomic mass is 127. The van der Waals surface area contributed by atoms with Crippen LogP contribution < -0.4 is 5.32 Å². The molecule has 0 radical (unpaired) electrons. The number of hydrogen-bond acceptors (Lipinski definition) is 2. The van der Waals surface area contributed by atoms with Gasteiger partial charge in [0, 0.05) is 20.4 Å². The van der Waals surface area contributed by atoms with Crippen molar-refractivity contribution in [3.8, 4) is 0 Å². The average Bonchev–Trinajstić information content (AvgIpc) is 2.42. The molecule has 0 spiro atoms. The van der Waals surface area contributed by atoms with Gasteiger partial charge in [0.05, 0.1) is 11.1 Å². The quantitative estimate of drug-likeness (QED) is 0.756. The highest BCUT2D eigenvalue weighted by Gasteiger charge is 2.12. The number of rotatable bonds is 3. The highest BCUT2D eigenvalue weighted by molar-refractivity contribution is 14.1. The molecule has 0 saturated heterocycles. The van der Waals surface area contributed by atoms with E-state index in [9.17, 15) is 9.90 Å². The molecule has 0 bridgehead atoms. The molecule has 3 nitrogen and oxygen atoms in total. The van der Waals surface area contributed by atoms with Crippen molar-refractivity contribution in [2.75, 3.05) is 5.32 Å². The second-order valence-electron chi connectivity index (χ2n) is 4.35. The Morgan fingerprint density at radius 2 is 2.00 bits per heavy atom. The van der Waals surface area contributed by atoms with E-state index in [1.54, 1.807) is 37.3 Å². The van der Waals surface area contributed by atoms with Crippen LogP contribution in [0.3, 0.4) is 0 Å². The number of aliphatic hydroxyl groups excluding tert-OH is 1. The van der Waals surface area contributed by atoms with E-state index >= 15 is 0 Å². The smallest absolute Gasteiger partial charge is 0.255 e. The van der Waals surface area contributed by atoms with Crippen molar-refractivity contribution in [2.24, 2.45) is 0 Å². The van der Waals surface area contributed by atoms with Gasteiger partial charge in [0.2, 0.25) is 0 Å². The molecule has 20 heavy (non-hydrogen) atoms. The Morgan fingerprint density at radius 1 is 1.30 bits per heavy atom. The Labute approximate surface area is 136 Å². The van der Waals surface area contributed by atoms with Crippen molar-refractivity contribution in [3.63, 3.8) is 0 Å². The molecule has 0 heterocycles. The molecular formula is C15H13ClINO2. The van der Waals surface area contributed by atoms with Gasteiger partial charge >= 0.3 is 0 Å². The van der Waals surface area contributed by atoms with E-state index in [0.717, 1.165) is 3.57 Å². The number of para-hydroxylation sites is 1. The Bertz CT molecular complexity index is 644. The molecule has 1 unspecified atom stereocenters. The van der Waals surface area contributed by atoms with E-state index in [1.165, 1.54) is 0 Å². The summed E-state index contributed by atoms with van der Waals surface area (Å²) in [4.78, 5) is 12.2. The second-order valence-corrected chi connectivity index (χ2v) is 5.92. The lowest BCUT2D eigenvalue weighted by Gasteiger charge is -2.13. The SMILES string of the molecule is CC(O)c1ccccc1NC(=O)c1ccc(I)c(Cl)c1. The molecule has 1 amide bonds. The van der Waals surface area contributed by atoms with E-state index in [4.69, 9.17) is 11.6 Å². The van der Waals surface area contributed by atoms with Crippen LogP contribution in [0.15, 0.2) is 42.5 Å². The maximum Gasteiger partial charge on any atom is 0.255 e. The number of anilines is 1. The minimum Gasteiger partial charge on any atom is -0.389 e. The Hall–Kier alpha value is -1.11. The molecule has 104 valence electrons. The Balaban J connectivity index is 2.26. The predicted octanol–water partition coefficient (Wildman–Crippen LogP) is 4.25. The normalized spacial score (nSPS) is 12.0. The van der Waals surface area contributed by atoms with Crippen molar-refractivity contribution >= 4 is 45.8 Å². The summed E-state index contributed by atoms with van der Waals surface area (Å²) in [5.74, 6) is -0.253. The van der Waals surface area contributed by atoms with Crippen molar-refractivity contribution in [2.45, 2.75) is 13.0 Å². The summed E-state index contributed by atoms with van der Waals surface area (Å²) >= 11 is 8.12. The molecule has 2 N–H and O–H groups in total. The minimum atomic E-state index is -0.646. The molecule has 0 fully saturated rings. The standard InChI is InChI=1S/C15H13ClINO2/c1-9(19)11-4-2-3-5-14(11)18-15(20)10-6-7-13(17)12(16)8-10/h2-9,19H,1H3,(H,18,20). The van der Waals surface area contributed by atoms with Gasteiger partial charge in [-0.2, -0.15) is 0 Å². The van der Waals surface area contributed by atoms with Crippen molar-refractivity contribution in [1.82, 2.24) is 0 Å². The first kappa shape index (κ1) is 15.3.